The van der Waals surface area contributed by atoms with Gasteiger partial charge in [-0.2, -0.15) is 0 Å². The van der Waals surface area contributed by atoms with E-state index in [0.717, 1.165) is 5.57 Å². The number of hydrogen-bond donors (Lipinski definition) is 1. The van der Waals surface area contributed by atoms with Crippen molar-refractivity contribution in [3.8, 4) is 0 Å². The van der Waals surface area contributed by atoms with Crippen LogP contribution in [0.15, 0.2) is 12.2 Å². The van der Waals surface area contributed by atoms with E-state index in [0.29, 0.717) is 25.3 Å². The van der Waals surface area contributed by atoms with Crippen LogP contribution in [0.5, 0.6) is 0 Å². The molecule has 0 heterocycles. The van der Waals surface area contributed by atoms with Crippen LogP contribution in [0.3, 0.4) is 0 Å². The summed E-state index contributed by atoms with van der Waals surface area (Å²) in [6.45, 7) is 8.12. The van der Waals surface area contributed by atoms with E-state index in [4.69, 9.17) is 5.11 Å². The molecule has 1 aliphatic carbocycles. The van der Waals surface area contributed by atoms with Crippen LogP contribution >= 0.6 is 0 Å². The number of carbonyl (C=O) groups is 2. The van der Waals surface area contributed by atoms with Crippen molar-refractivity contribution in [1.82, 2.24) is 4.90 Å². The second-order valence-corrected chi connectivity index (χ2v) is 5.28. The Morgan fingerprint density at radius 3 is 2.35 bits per heavy atom. The SMILES string of the molecule is C=C(C)CN(C)C(=O)[C@H]1CC(C)C[C@H]1C(=O)O. The number of likely N-dealkylation sites (N-methyl/N-ethyl adjacent to an activating group) is 1. The minimum Gasteiger partial charge on any atom is -0.481 e. The first-order chi connectivity index (χ1) is 7.82. The summed E-state index contributed by atoms with van der Waals surface area (Å²) in [5.74, 6) is -1.50. The predicted molar refractivity (Wildman–Crippen MR) is 65.5 cm³/mol. The second kappa shape index (κ2) is 5.34. The van der Waals surface area contributed by atoms with Gasteiger partial charge in [-0.1, -0.05) is 19.1 Å². The molecule has 0 aromatic heterocycles. The number of carbonyl (C=O) groups excluding carboxylic acids is 1. The third-order valence-corrected chi connectivity index (χ3v) is 3.32. The van der Waals surface area contributed by atoms with E-state index in [-0.39, 0.29) is 11.8 Å². The van der Waals surface area contributed by atoms with Gasteiger partial charge in [-0.05, 0) is 25.7 Å². The molecular formula is C13H21NO3. The first kappa shape index (κ1) is 13.7. The lowest BCUT2D eigenvalue weighted by Gasteiger charge is -2.23. The molecule has 1 amide bonds. The topological polar surface area (TPSA) is 57.6 Å². The zero-order valence-electron chi connectivity index (χ0n) is 10.8. The van der Waals surface area contributed by atoms with E-state index in [1.165, 1.54) is 0 Å². The van der Waals surface area contributed by atoms with Crippen molar-refractivity contribution in [2.24, 2.45) is 17.8 Å². The summed E-state index contributed by atoms with van der Waals surface area (Å²) < 4.78 is 0. The minimum absolute atomic E-state index is 0.0650. The number of amides is 1. The molecule has 1 rings (SSSR count). The van der Waals surface area contributed by atoms with E-state index in [1.807, 2.05) is 13.8 Å². The normalized spacial score (nSPS) is 27.8. The molecule has 17 heavy (non-hydrogen) atoms. The van der Waals surface area contributed by atoms with Crippen LogP contribution in [-0.4, -0.2) is 35.5 Å². The summed E-state index contributed by atoms with van der Waals surface area (Å²) in [5.41, 5.74) is 0.902. The zero-order valence-corrected chi connectivity index (χ0v) is 10.8. The Morgan fingerprint density at radius 1 is 1.35 bits per heavy atom. The van der Waals surface area contributed by atoms with Crippen LogP contribution < -0.4 is 0 Å². The van der Waals surface area contributed by atoms with Crippen molar-refractivity contribution in [1.29, 1.82) is 0 Å². The molecule has 3 atom stereocenters. The van der Waals surface area contributed by atoms with Crippen LogP contribution in [-0.2, 0) is 9.59 Å². The first-order valence-corrected chi connectivity index (χ1v) is 5.95. The van der Waals surface area contributed by atoms with E-state index >= 15 is 0 Å². The Labute approximate surface area is 102 Å². The molecule has 4 nitrogen and oxygen atoms in total. The number of carboxylic acids is 1. The number of aliphatic carboxylic acids is 1. The van der Waals surface area contributed by atoms with Gasteiger partial charge in [0.1, 0.15) is 0 Å². The molecule has 96 valence electrons. The van der Waals surface area contributed by atoms with Gasteiger partial charge in [-0.15, -0.1) is 0 Å². The van der Waals surface area contributed by atoms with Gasteiger partial charge >= 0.3 is 5.97 Å². The highest BCUT2D eigenvalue weighted by Gasteiger charge is 2.42. The number of carboxylic acid groups (broad SMARTS) is 1. The molecule has 4 heteroatoms. The lowest BCUT2D eigenvalue weighted by atomic mass is 9.95. The van der Waals surface area contributed by atoms with Gasteiger partial charge in [0.05, 0.1) is 11.8 Å². The smallest absolute Gasteiger partial charge is 0.307 e. The first-order valence-electron chi connectivity index (χ1n) is 5.95. The van der Waals surface area contributed by atoms with Crippen molar-refractivity contribution in [2.75, 3.05) is 13.6 Å². The average molecular weight is 239 g/mol. The van der Waals surface area contributed by atoms with Crippen LogP contribution in [0.1, 0.15) is 26.7 Å². The highest BCUT2D eigenvalue weighted by Crippen LogP contribution is 2.37. The third kappa shape index (κ3) is 3.32. The Bertz CT molecular complexity index is 338. The fourth-order valence-electron chi connectivity index (χ4n) is 2.60. The average Bonchev–Trinajstić information content (AvgIpc) is 2.58. The van der Waals surface area contributed by atoms with Gasteiger partial charge in [0.2, 0.25) is 5.91 Å². The van der Waals surface area contributed by atoms with Gasteiger partial charge in [-0.3, -0.25) is 9.59 Å². The van der Waals surface area contributed by atoms with Gasteiger partial charge in [0.15, 0.2) is 0 Å². The molecular weight excluding hydrogens is 218 g/mol. The minimum atomic E-state index is -0.851. The van der Waals surface area contributed by atoms with Crippen molar-refractivity contribution in [3.05, 3.63) is 12.2 Å². The zero-order chi connectivity index (χ0) is 13.2. The van der Waals surface area contributed by atoms with E-state index in [9.17, 15) is 9.59 Å². The second-order valence-electron chi connectivity index (χ2n) is 5.28. The Morgan fingerprint density at radius 2 is 1.88 bits per heavy atom. The van der Waals surface area contributed by atoms with Gasteiger partial charge in [-0.25, -0.2) is 0 Å². The predicted octanol–water partition coefficient (Wildman–Crippen LogP) is 1.77. The molecule has 0 saturated heterocycles. The molecule has 1 unspecified atom stereocenters. The van der Waals surface area contributed by atoms with E-state index in [2.05, 4.69) is 6.58 Å². The maximum absolute atomic E-state index is 12.2. The van der Waals surface area contributed by atoms with Gasteiger partial charge < -0.3 is 10.0 Å². The van der Waals surface area contributed by atoms with Crippen molar-refractivity contribution < 1.29 is 14.7 Å². The summed E-state index contributed by atoms with van der Waals surface area (Å²) >= 11 is 0. The van der Waals surface area contributed by atoms with Crippen LogP contribution in [0.25, 0.3) is 0 Å². The number of hydrogen-bond acceptors (Lipinski definition) is 2. The fraction of sp³-hybridized carbons (Fsp3) is 0.692. The fourth-order valence-corrected chi connectivity index (χ4v) is 2.60. The monoisotopic (exact) mass is 239 g/mol. The highest BCUT2D eigenvalue weighted by molar-refractivity contribution is 5.85. The molecule has 0 aromatic carbocycles. The van der Waals surface area contributed by atoms with Crippen LogP contribution in [0.4, 0.5) is 0 Å². The Kier molecular flexibility index (Phi) is 4.32. The lowest BCUT2D eigenvalue weighted by molar-refractivity contribution is -0.148. The summed E-state index contributed by atoms with van der Waals surface area (Å²) in [5, 5.41) is 9.13. The molecule has 0 spiro atoms. The number of rotatable bonds is 4. The molecule has 1 saturated carbocycles. The molecule has 0 aromatic rings. The molecule has 0 radical (unpaired) electrons. The standard InChI is InChI=1S/C13H21NO3/c1-8(2)7-14(4)12(15)10-5-9(3)6-11(10)13(16)17/h9-11H,1,5-7H2,2-4H3,(H,16,17)/t9?,10-,11+/m0/s1. The van der Waals surface area contributed by atoms with Gasteiger partial charge in [0, 0.05) is 13.6 Å². The molecule has 1 aliphatic rings. The summed E-state index contributed by atoms with van der Waals surface area (Å²) in [7, 11) is 1.71. The van der Waals surface area contributed by atoms with Crippen molar-refractivity contribution in [3.63, 3.8) is 0 Å². The summed E-state index contributed by atoms with van der Waals surface area (Å²) in [4.78, 5) is 24.9. The van der Waals surface area contributed by atoms with Crippen LogP contribution in [0.2, 0.25) is 0 Å². The molecule has 1 N–H and O–H groups in total. The molecule has 0 aliphatic heterocycles. The molecule has 1 fully saturated rings. The summed E-state index contributed by atoms with van der Waals surface area (Å²) in [6.07, 6.45) is 1.28. The largest absolute Gasteiger partial charge is 0.481 e. The Hall–Kier alpha value is -1.32. The maximum atomic E-state index is 12.2. The Balaban J connectivity index is 2.73. The highest BCUT2D eigenvalue weighted by atomic mass is 16.4. The quantitative estimate of drug-likeness (QED) is 0.761. The maximum Gasteiger partial charge on any atom is 0.307 e. The number of nitrogens with zero attached hydrogens (tertiary/aromatic N) is 1. The van der Waals surface area contributed by atoms with Gasteiger partial charge in [0.25, 0.3) is 0 Å². The van der Waals surface area contributed by atoms with E-state index < -0.39 is 11.9 Å². The van der Waals surface area contributed by atoms with Crippen molar-refractivity contribution in [2.45, 2.75) is 26.7 Å². The summed E-state index contributed by atoms with van der Waals surface area (Å²) in [6, 6.07) is 0. The van der Waals surface area contributed by atoms with E-state index in [1.54, 1.807) is 11.9 Å². The van der Waals surface area contributed by atoms with Crippen LogP contribution in [0, 0.1) is 17.8 Å². The third-order valence-electron chi connectivity index (χ3n) is 3.32. The lowest BCUT2D eigenvalue weighted by Crippen LogP contribution is -2.37. The molecule has 0 bridgehead atoms. The van der Waals surface area contributed by atoms with Crippen molar-refractivity contribution >= 4 is 11.9 Å².